The molecule has 110 valence electrons. The summed E-state index contributed by atoms with van der Waals surface area (Å²) < 4.78 is 10.4. The molecule has 0 unspecified atom stereocenters. The van der Waals surface area contributed by atoms with Crippen molar-refractivity contribution in [3.05, 3.63) is 59.1 Å². The van der Waals surface area contributed by atoms with E-state index in [1.807, 2.05) is 12.1 Å². The van der Waals surface area contributed by atoms with E-state index in [-0.39, 0.29) is 5.91 Å². The zero-order chi connectivity index (χ0) is 15.1. The van der Waals surface area contributed by atoms with Crippen LogP contribution in [0.25, 0.3) is 0 Å². The lowest BCUT2D eigenvalue weighted by Crippen LogP contribution is -2.12. The lowest BCUT2D eigenvalue weighted by atomic mass is 10.2. The lowest BCUT2D eigenvalue weighted by Gasteiger charge is -2.09. The van der Waals surface area contributed by atoms with Crippen LogP contribution in [0.15, 0.2) is 48.5 Å². The second-order valence-corrected chi connectivity index (χ2v) is 4.77. The number of anilines is 1. The number of hydrogen-bond acceptors (Lipinski definition) is 3. The monoisotopic (exact) mass is 305 g/mol. The molecule has 0 radical (unpaired) electrons. The molecule has 0 fully saturated rings. The van der Waals surface area contributed by atoms with Gasteiger partial charge in [0.05, 0.1) is 6.61 Å². The second kappa shape index (κ2) is 7.67. The van der Waals surface area contributed by atoms with Crippen LogP contribution in [-0.2, 0) is 4.74 Å². The summed E-state index contributed by atoms with van der Waals surface area (Å²) in [6.07, 6.45) is 0. The molecule has 0 aliphatic heterocycles. The summed E-state index contributed by atoms with van der Waals surface area (Å²) in [4.78, 5) is 12.1. The Labute approximate surface area is 128 Å². The van der Waals surface area contributed by atoms with E-state index in [0.29, 0.717) is 35.2 Å². The molecule has 0 saturated heterocycles. The Hall–Kier alpha value is -2.04. The molecule has 2 aromatic carbocycles. The number of carbonyl (C=O) groups is 1. The number of rotatable bonds is 6. The molecule has 0 aliphatic carbocycles. The maximum absolute atomic E-state index is 12.1. The molecule has 2 aromatic rings. The molecular formula is C16H16ClNO3. The molecule has 0 spiro atoms. The van der Waals surface area contributed by atoms with E-state index in [1.54, 1.807) is 43.5 Å². The standard InChI is InChI=1S/C16H16ClNO3/c1-20-8-9-21-15-7-3-6-14(11-15)18-16(19)12-4-2-5-13(17)10-12/h2-7,10-11H,8-9H2,1H3,(H,18,19). The van der Waals surface area contributed by atoms with Crippen molar-refractivity contribution in [1.82, 2.24) is 0 Å². The van der Waals surface area contributed by atoms with E-state index >= 15 is 0 Å². The first-order valence-electron chi connectivity index (χ1n) is 6.48. The predicted molar refractivity (Wildman–Crippen MR) is 83.2 cm³/mol. The molecule has 0 atom stereocenters. The maximum Gasteiger partial charge on any atom is 0.255 e. The van der Waals surface area contributed by atoms with Crippen molar-refractivity contribution < 1.29 is 14.3 Å². The molecule has 5 heteroatoms. The molecule has 1 N–H and O–H groups in total. The van der Waals surface area contributed by atoms with Gasteiger partial charge >= 0.3 is 0 Å². The van der Waals surface area contributed by atoms with Crippen LogP contribution in [0, 0.1) is 0 Å². The highest BCUT2D eigenvalue weighted by atomic mass is 35.5. The number of methoxy groups -OCH3 is 1. The van der Waals surface area contributed by atoms with Gasteiger partial charge in [0, 0.05) is 29.4 Å². The van der Waals surface area contributed by atoms with E-state index in [2.05, 4.69) is 5.32 Å². The highest BCUT2D eigenvalue weighted by molar-refractivity contribution is 6.31. The minimum Gasteiger partial charge on any atom is -0.491 e. The average Bonchev–Trinajstić information content (AvgIpc) is 2.48. The third-order valence-corrected chi connectivity index (χ3v) is 2.97. The van der Waals surface area contributed by atoms with Crippen molar-refractivity contribution in [1.29, 1.82) is 0 Å². The first-order valence-corrected chi connectivity index (χ1v) is 6.85. The van der Waals surface area contributed by atoms with Crippen molar-refractivity contribution in [3.8, 4) is 5.75 Å². The quantitative estimate of drug-likeness (QED) is 0.829. The minimum absolute atomic E-state index is 0.216. The van der Waals surface area contributed by atoms with Gasteiger partial charge in [-0.1, -0.05) is 23.7 Å². The van der Waals surface area contributed by atoms with Crippen LogP contribution in [0.5, 0.6) is 5.75 Å². The number of halogens is 1. The number of ether oxygens (including phenoxy) is 2. The number of carbonyl (C=O) groups excluding carboxylic acids is 1. The van der Waals surface area contributed by atoms with Crippen molar-refractivity contribution in [2.75, 3.05) is 25.6 Å². The van der Waals surface area contributed by atoms with Crippen LogP contribution in [-0.4, -0.2) is 26.2 Å². The van der Waals surface area contributed by atoms with Crippen molar-refractivity contribution >= 4 is 23.2 Å². The summed E-state index contributed by atoms with van der Waals surface area (Å²) in [5.41, 5.74) is 1.17. The predicted octanol–water partition coefficient (Wildman–Crippen LogP) is 3.62. The molecule has 0 heterocycles. The van der Waals surface area contributed by atoms with Gasteiger partial charge in [0.1, 0.15) is 12.4 Å². The van der Waals surface area contributed by atoms with Gasteiger partial charge in [-0.3, -0.25) is 4.79 Å². The molecule has 2 rings (SSSR count). The summed E-state index contributed by atoms with van der Waals surface area (Å²) in [6.45, 7) is 0.974. The number of benzene rings is 2. The fraction of sp³-hybridized carbons (Fsp3) is 0.188. The third-order valence-electron chi connectivity index (χ3n) is 2.73. The van der Waals surface area contributed by atoms with E-state index in [4.69, 9.17) is 21.1 Å². The van der Waals surface area contributed by atoms with Crippen LogP contribution in [0.3, 0.4) is 0 Å². The van der Waals surface area contributed by atoms with Gasteiger partial charge in [-0.15, -0.1) is 0 Å². The molecule has 4 nitrogen and oxygen atoms in total. The average molecular weight is 306 g/mol. The molecular weight excluding hydrogens is 290 g/mol. The van der Waals surface area contributed by atoms with Gasteiger partial charge in [0.15, 0.2) is 0 Å². The van der Waals surface area contributed by atoms with Crippen LogP contribution < -0.4 is 10.1 Å². The fourth-order valence-corrected chi connectivity index (χ4v) is 1.93. The summed E-state index contributed by atoms with van der Waals surface area (Å²) >= 11 is 5.88. The summed E-state index contributed by atoms with van der Waals surface area (Å²) in [6, 6.07) is 14.0. The SMILES string of the molecule is COCCOc1cccc(NC(=O)c2cccc(Cl)c2)c1. The van der Waals surface area contributed by atoms with Crippen molar-refractivity contribution in [2.24, 2.45) is 0 Å². The first-order chi connectivity index (χ1) is 10.2. The molecule has 0 aliphatic rings. The highest BCUT2D eigenvalue weighted by Gasteiger charge is 2.07. The summed E-state index contributed by atoms with van der Waals surface area (Å²) in [5, 5.41) is 3.33. The largest absolute Gasteiger partial charge is 0.491 e. The summed E-state index contributed by atoms with van der Waals surface area (Å²) in [7, 11) is 1.62. The van der Waals surface area contributed by atoms with E-state index in [9.17, 15) is 4.79 Å². The maximum atomic E-state index is 12.1. The van der Waals surface area contributed by atoms with Gasteiger partial charge in [0.25, 0.3) is 5.91 Å². The third kappa shape index (κ3) is 4.77. The first kappa shape index (κ1) is 15.4. The fourth-order valence-electron chi connectivity index (χ4n) is 1.74. The van der Waals surface area contributed by atoms with Gasteiger partial charge in [-0.05, 0) is 30.3 Å². The number of hydrogen-bond donors (Lipinski definition) is 1. The Kier molecular flexibility index (Phi) is 5.60. The Morgan fingerprint density at radius 2 is 1.95 bits per heavy atom. The van der Waals surface area contributed by atoms with Crippen LogP contribution in [0.4, 0.5) is 5.69 Å². The Bertz CT molecular complexity index is 616. The molecule has 1 amide bonds. The topological polar surface area (TPSA) is 47.6 Å². The zero-order valence-electron chi connectivity index (χ0n) is 11.6. The lowest BCUT2D eigenvalue weighted by molar-refractivity contribution is 0.102. The highest BCUT2D eigenvalue weighted by Crippen LogP contribution is 2.19. The number of amides is 1. The summed E-state index contributed by atoms with van der Waals surface area (Å²) in [5.74, 6) is 0.461. The second-order valence-electron chi connectivity index (χ2n) is 4.33. The number of nitrogens with one attached hydrogen (secondary N) is 1. The van der Waals surface area contributed by atoms with Crippen molar-refractivity contribution in [3.63, 3.8) is 0 Å². The Morgan fingerprint density at radius 1 is 1.14 bits per heavy atom. The Morgan fingerprint density at radius 3 is 2.71 bits per heavy atom. The van der Waals surface area contributed by atoms with Crippen LogP contribution in [0.1, 0.15) is 10.4 Å². The van der Waals surface area contributed by atoms with Gasteiger partial charge in [-0.25, -0.2) is 0 Å². The zero-order valence-corrected chi connectivity index (χ0v) is 12.4. The van der Waals surface area contributed by atoms with E-state index < -0.39 is 0 Å². The molecule has 0 saturated carbocycles. The van der Waals surface area contributed by atoms with Gasteiger partial charge < -0.3 is 14.8 Å². The molecule has 0 aromatic heterocycles. The van der Waals surface area contributed by atoms with Gasteiger partial charge in [0.2, 0.25) is 0 Å². The minimum atomic E-state index is -0.216. The van der Waals surface area contributed by atoms with Gasteiger partial charge in [-0.2, -0.15) is 0 Å². The molecule has 0 bridgehead atoms. The smallest absolute Gasteiger partial charge is 0.255 e. The van der Waals surface area contributed by atoms with E-state index in [0.717, 1.165) is 0 Å². The van der Waals surface area contributed by atoms with E-state index in [1.165, 1.54) is 0 Å². The van der Waals surface area contributed by atoms with Crippen LogP contribution in [0.2, 0.25) is 5.02 Å². The Balaban J connectivity index is 2.02. The van der Waals surface area contributed by atoms with Crippen molar-refractivity contribution in [2.45, 2.75) is 0 Å². The normalized spacial score (nSPS) is 10.2. The molecule has 21 heavy (non-hydrogen) atoms. The van der Waals surface area contributed by atoms with Crippen LogP contribution >= 0.6 is 11.6 Å².